The van der Waals surface area contributed by atoms with E-state index < -0.39 is 6.10 Å². The number of hydrogen-bond acceptors (Lipinski definition) is 6. The molecule has 76 heavy (non-hydrogen) atoms. The largest absolute Gasteiger partial charge is 0.462 e. The fourth-order valence-corrected chi connectivity index (χ4v) is 8.23. The second-order valence-electron chi connectivity index (χ2n) is 20.2. The lowest BCUT2D eigenvalue weighted by atomic mass is 10.1. The lowest BCUT2D eigenvalue weighted by Crippen LogP contribution is -2.30. The van der Waals surface area contributed by atoms with E-state index in [0.717, 1.165) is 128 Å². The molecule has 6 nitrogen and oxygen atoms in total. The highest BCUT2D eigenvalue weighted by molar-refractivity contribution is 5.71. The Labute approximate surface area is 468 Å². The third kappa shape index (κ3) is 60.4. The van der Waals surface area contributed by atoms with Gasteiger partial charge in [-0.25, -0.2) is 0 Å². The van der Waals surface area contributed by atoms with Crippen molar-refractivity contribution < 1.29 is 28.6 Å². The maximum atomic E-state index is 12.8. The minimum Gasteiger partial charge on any atom is -0.462 e. The van der Waals surface area contributed by atoms with Crippen LogP contribution >= 0.6 is 0 Å². The van der Waals surface area contributed by atoms with Gasteiger partial charge >= 0.3 is 17.9 Å². The molecule has 0 amide bonds. The number of allylic oxidation sites excluding steroid dienone is 22. The number of carbonyl (C=O) groups is 3. The Morgan fingerprint density at radius 3 is 0.842 bits per heavy atom. The van der Waals surface area contributed by atoms with Crippen LogP contribution in [0.2, 0.25) is 0 Å². The number of rotatable bonds is 55. The van der Waals surface area contributed by atoms with Gasteiger partial charge in [0.15, 0.2) is 6.10 Å². The van der Waals surface area contributed by atoms with Gasteiger partial charge in [0, 0.05) is 19.3 Å². The van der Waals surface area contributed by atoms with Crippen LogP contribution in [0.4, 0.5) is 0 Å². The summed E-state index contributed by atoms with van der Waals surface area (Å²) in [6.45, 7) is 6.46. The molecular weight excluding hydrogens is 937 g/mol. The maximum absolute atomic E-state index is 12.8. The Bertz CT molecular complexity index is 1630. The molecule has 0 bridgehead atoms. The molecule has 0 aromatic rings. The van der Waals surface area contributed by atoms with Gasteiger partial charge in [-0.1, -0.05) is 264 Å². The van der Waals surface area contributed by atoms with Crippen LogP contribution < -0.4 is 0 Å². The Morgan fingerprint density at radius 1 is 0.276 bits per heavy atom. The number of carbonyl (C=O) groups excluding carboxylic acids is 3. The van der Waals surface area contributed by atoms with Gasteiger partial charge < -0.3 is 14.2 Å². The van der Waals surface area contributed by atoms with E-state index >= 15 is 0 Å². The van der Waals surface area contributed by atoms with Crippen molar-refractivity contribution >= 4 is 17.9 Å². The number of esters is 3. The third-order valence-corrected chi connectivity index (χ3v) is 12.9. The van der Waals surface area contributed by atoms with E-state index in [1.807, 2.05) is 0 Å². The van der Waals surface area contributed by atoms with E-state index in [1.54, 1.807) is 0 Å². The average Bonchev–Trinajstić information content (AvgIpc) is 3.42. The summed E-state index contributed by atoms with van der Waals surface area (Å²) >= 11 is 0. The molecule has 0 aromatic heterocycles. The van der Waals surface area contributed by atoms with E-state index in [1.165, 1.54) is 96.3 Å². The molecular formula is C70H114O6. The molecule has 0 heterocycles. The van der Waals surface area contributed by atoms with E-state index in [2.05, 4.69) is 154 Å². The van der Waals surface area contributed by atoms with Crippen molar-refractivity contribution in [3.63, 3.8) is 0 Å². The zero-order valence-electron chi connectivity index (χ0n) is 49.2. The smallest absolute Gasteiger partial charge is 0.306 e. The minimum absolute atomic E-state index is 0.0959. The Balaban J connectivity index is 4.34. The molecule has 1 unspecified atom stereocenters. The van der Waals surface area contributed by atoms with Crippen molar-refractivity contribution in [2.45, 2.75) is 277 Å². The van der Waals surface area contributed by atoms with Crippen LogP contribution in [0.15, 0.2) is 134 Å². The van der Waals surface area contributed by atoms with Gasteiger partial charge in [-0.2, -0.15) is 0 Å². The molecule has 0 rings (SSSR count). The zero-order chi connectivity index (χ0) is 55.0. The van der Waals surface area contributed by atoms with Crippen LogP contribution in [0, 0.1) is 0 Å². The predicted molar refractivity (Wildman–Crippen MR) is 329 cm³/mol. The highest BCUT2D eigenvalue weighted by atomic mass is 16.6. The highest BCUT2D eigenvalue weighted by Gasteiger charge is 2.19. The summed E-state index contributed by atoms with van der Waals surface area (Å²) in [7, 11) is 0. The molecule has 1 atom stereocenters. The lowest BCUT2D eigenvalue weighted by Gasteiger charge is -2.18. The standard InChI is InChI=1S/C70H114O6/c1-4-7-10-13-16-19-22-24-26-27-28-29-30-31-32-33-34-35-36-37-38-39-40-41-42-43-44-46-48-51-54-57-60-63-69(72)75-66-67(65-74-68(71)62-59-56-53-50-47-21-18-15-12-9-6-3)76-70(73)64-61-58-55-52-49-45-25-23-20-17-14-11-8-5-2/h7,10,16,19,23-26,28-29,31-32,34-35,37-38,40-41,43-44,48,51,67H,4-6,8-9,11-15,17-18,20-22,27,30,33,36,39,42,45-47,49-50,52-66H2,1-3H3/b10-7-,19-16-,25-23-,26-24-,29-28-,32-31-,35-34-,38-37-,41-40-,44-43-,51-48-. The maximum Gasteiger partial charge on any atom is 0.306 e. The quantitative estimate of drug-likeness (QED) is 0.0261. The topological polar surface area (TPSA) is 78.9 Å². The first-order chi connectivity index (χ1) is 37.5. The summed E-state index contributed by atoms with van der Waals surface area (Å²) in [4.78, 5) is 38.1. The fraction of sp³-hybridized carbons (Fsp3) is 0.643. The lowest BCUT2D eigenvalue weighted by molar-refractivity contribution is -0.167. The predicted octanol–water partition coefficient (Wildman–Crippen LogP) is 21.4. The van der Waals surface area contributed by atoms with Crippen LogP contribution in [0.3, 0.4) is 0 Å². The second-order valence-corrected chi connectivity index (χ2v) is 20.2. The number of hydrogen-bond donors (Lipinski definition) is 0. The molecule has 0 saturated carbocycles. The Morgan fingerprint density at radius 2 is 0.513 bits per heavy atom. The van der Waals surface area contributed by atoms with Gasteiger partial charge in [-0.3, -0.25) is 14.4 Å². The van der Waals surface area contributed by atoms with Gasteiger partial charge in [-0.15, -0.1) is 0 Å². The summed E-state index contributed by atoms with van der Waals surface area (Å²) in [6.07, 6.45) is 88.9. The number of ether oxygens (including phenoxy) is 3. The first-order valence-corrected chi connectivity index (χ1v) is 31.2. The summed E-state index contributed by atoms with van der Waals surface area (Å²) in [5, 5.41) is 0. The summed E-state index contributed by atoms with van der Waals surface area (Å²) in [6, 6.07) is 0. The van der Waals surface area contributed by atoms with E-state index in [4.69, 9.17) is 14.2 Å². The van der Waals surface area contributed by atoms with Crippen LogP contribution in [0.1, 0.15) is 271 Å². The van der Waals surface area contributed by atoms with Crippen LogP contribution in [0.25, 0.3) is 0 Å². The van der Waals surface area contributed by atoms with Gasteiger partial charge in [0.2, 0.25) is 0 Å². The molecule has 0 N–H and O–H groups in total. The van der Waals surface area contributed by atoms with Crippen molar-refractivity contribution in [3.8, 4) is 0 Å². The van der Waals surface area contributed by atoms with Gasteiger partial charge in [0.1, 0.15) is 13.2 Å². The van der Waals surface area contributed by atoms with E-state index in [9.17, 15) is 14.4 Å². The van der Waals surface area contributed by atoms with Gasteiger partial charge in [-0.05, 0) is 122 Å². The third-order valence-electron chi connectivity index (χ3n) is 12.9. The highest BCUT2D eigenvalue weighted by Crippen LogP contribution is 2.14. The molecule has 0 fully saturated rings. The summed E-state index contributed by atoms with van der Waals surface area (Å²) < 4.78 is 16.8. The van der Waals surface area contributed by atoms with Crippen molar-refractivity contribution in [1.82, 2.24) is 0 Å². The number of unbranched alkanes of at least 4 members (excludes halogenated alkanes) is 22. The summed E-state index contributed by atoms with van der Waals surface area (Å²) in [5.74, 6) is -0.952. The average molecular weight is 1050 g/mol. The van der Waals surface area contributed by atoms with Crippen LogP contribution in [0.5, 0.6) is 0 Å². The van der Waals surface area contributed by atoms with Crippen LogP contribution in [-0.2, 0) is 28.6 Å². The molecule has 0 aliphatic carbocycles. The van der Waals surface area contributed by atoms with Crippen molar-refractivity contribution in [2.75, 3.05) is 13.2 Å². The van der Waals surface area contributed by atoms with Gasteiger partial charge in [0.05, 0.1) is 0 Å². The first-order valence-electron chi connectivity index (χ1n) is 31.2. The molecule has 0 aliphatic rings. The summed E-state index contributed by atoms with van der Waals surface area (Å²) in [5.41, 5.74) is 0. The van der Waals surface area contributed by atoms with Gasteiger partial charge in [0.25, 0.3) is 0 Å². The Kier molecular flexibility index (Phi) is 59.4. The SMILES string of the molecule is CC/C=C\C/C=C\C/C=C\C/C=C\C/C=C\C/C=C\C/C=C\C/C=C\C/C=C\C/C=C\CCCCC(=O)OCC(COC(=O)CCCCCCCCCCCCC)OC(=O)CCCCCCC/C=C\CCCCCCC. The van der Waals surface area contributed by atoms with Crippen molar-refractivity contribution in [3.05, 3.63) is 134 Å². The minimum atomic E-state index is -0.802. The fourth-order valence-electron chi connectivity index (χ4n) is 8.23. The van der Waals surface area contributed by atoms with Crippen LogP contribution in [-0.4, -0.2) is 37.2 Å². The van der Waals surface area contributed by atoms with E-state index in [-0.39, 0.29) is 31.1 Å². The molecule has 430 valence electrons. The second kappa shape index (κ2) is 63.1. The molecule has 0 spiro atoms. The van der Waals surface area contributed by atoms with Crippen molar-refractivity contribution in [1.29, 1.82) is 0 Å². The molecule has 6 heteroatoms. The molecule has 0 aromatic carbocycles. The first kappa shape index (κ1) is 71.5. The monoisotopic (exact) mass is 1050 g/mol. The van der Waals surface area contributed by atoms with E-state index in [0.29, 0.717) is 25.7 Å². The molecule has 0 aliphatic heterocycles. The van der Waals surface area contributed by atoms with Crippen molar-refractivity contribution in [2.24, 2.45) is 0 Å². The zero-order valence-corrected chi connectivity index (χ0v) is 49.2. The molecule has 0 radical (unpaired) electrons. The Hall–Kier alpha value is -4.45. The molecule has 0 saturated heterocycles. The normalized spacial score (nSPS) is 13.0.